The van der Waals surface area contributed by atoms with Gasteiger partial charge in [0, 0.05) is 26.7 Å². The number of methoxy groups -OCH3 is 1. The van der Waals surface area contributed by atoms with Crippen LogP contribution < -0.4 is 16.6 Å². The molecule has 0 fully saturated rings. The van der Waals surface area contributed by atoms with Crippen LogP contribution in [0.5, 0.6) is 0 Å². The molecule has 9 nitrogen and oxygen atoms in total. The third-order valence-corrected chi connectivity index (χ3v) is 2.65. The maximum atomic E-state index is 10.8. The summed E-state index contributed by atoms with van der Waals surface area (Å²) in [6.07, 6.45) is 0. The molecule has 0 spiro atoms. The molecule has 4 N–H and O–H groups in total. The Kier molecular flexibility index (Phi) is 6.64. The van der Waals surface area contributed by atoms with Gasteiger partial charge in [0.05, 0.1) is 23.7 Å². The summed E-state index contributed by atoms with van der Waals surface area (Å²) in [7, 11) is 3.62. The van der Waals surface area contributed by atoms with Gasteiger partial charge in [-0.3, -0.25) is 10.1 Å². The second-order valence-electron chi connectivity index (χ2n) is 4.22. The largest absolute Gasteiger partial charge is 0.383 e. The first-order chi connectivity index (χ1) is 9.56. The summed E-state index contributed by atoms with van der Waals surface area (Å²) in [6, 6.07) is 2.64. The number of hydrogen-bond donors (Lipinski definition) is 3. The van der Waals surface area contributed by atoms with E-state index in [9.17, 15) is 10.1 Å². The average molecular weight is 284 g/mol. The fourth-order valence-corrected chi connectivity index (χ4v) is 1.52. The van der Waals surface area contributed by atoms with Gasteiger partial charge in [0.15, 0.2) is 0 Å². The maximum absolute atomic E-state index is 10.8. The molecule has 0 aliphatic heterocycles. The summed E-state index contributed by atoms with van der Waals surface area (Å²) in [4.78, 5) is 16.5. The molecule has 0 bridgehead atoms. The lowest BCUT2D eigenvalue weighted by Gasteiger charge is -2.16. The molecular formula is C11H20N6O3. The van der Waals surface area contributed by atoms with Crippen LogP contribution in [0.15, 0.2) is 12.1 Å². The van der Waals surface area contributed by atoms with Crippen molar-refractivity contribution < 1.29 is 9.66 Å². The first kappa shape index (κ1) is 16.1. The van der Waals surface area contributed by atoms with Crippen LogP contribution in [-0.2, 0) is 4.74 Å². The Bertz CT molecular complexity index is 442. The molecule has 0 radical (unpaired) electrons. The number of pyridine rings is 1. The minimum absolute atomic E-state index is 0.0665. The number of anilines is 2. The van der Waals surface area contributed by atoms with E-state index >= 15 is 0 Å². The molecule has 0 saturated carbocycles. The summed E-state index contributed by atoms with van der Waals surface area (Å²) >= 11 is 0. The molecule has 0 saturated heterocycles. The molecule has 1 aromatic rings. The lowest BCUT2D eigenvalue weighted by Crippen LogP contribution is -2.28. The zero-order valence-corrected chi connectivity index (χ0v) is 11.6. The standard InChI is InChI=1S/C11H20N6O3/c1-16(5-6-20-2)4-3-13-10-7-9(17(18)19)8-11(14-10)15-12/h7-8H,3-6,12H2,1-2H3,(H2,13,14,15). The van der Waals surface area contributed by atoms with Crippen molar-refractivity contribution in [1.82, 2.24) is 9.88 Å². The van der Waals surface area contributed by atoms with Gasteiger partial charge in [-0.25, -0.2) is 10.8 Å². The van der Waals surface area contributed by atoms with Crippen molar-refractivity contribution in [1.29, 1.82) is 0 Å². The highest BCUT2D eigenvalue weighted by Crippen LogP contribution is 2.19. The molecule has 112 valence electrons. The van der Waals surface area contributed by atoms with Crippen LogP contribution in [-0.4, -0.2) is 55.2 Å². The molecule has 9 heteroatoms. The van der Waals surface area contributed by atoms with E-state index in [0.717, 1.165) is 13.1 Å². The third kappa shape index (κ3) is 5.34. The van der Waals surface area contributed by atoms with Crippen molar-refractivity contribution in [3.63, 3.8) is 0 Å². The fraction of sp³-hybridized carbons (Fsp3) is 0.545. The van der Waals surface area contributed by atoms with Crippen LogP contribution in [0.1, 0.15) is 0 Å². The molecular weight excluding hydrogens is 264 g/mol. The number of hydrogen-bond acceptors (Lipinski definition) is 8. The van der Waals surface area contributed by atoms with E-state index in [1.807, 2.05) is 7.05 Å². The summed E-state index contributed by atoms with van der Waals surface area (Å²) in [6.45, 7) is 2.85. The van der Waals surface area contributed by atoms with Crippen molar-refractivity contribution in [2.75, 3.05) is 51.1 Å². The number of ether oxygens (including phenoxy) is 1. The Balaban J connectivity index is 2.54. The van der Waals surface area contributed by atoms with E-state index in [1.54, 1.807) is 7.11 Å². The van der Waals surface area contributed by atoms with E-state index in [1.165, 1.54) is 12.1 Å². The van der Waals surface area contributed by atoms with Gasteiger partial charge in [-0.15, -0.1) is 0 Å². The highest BCUT2D eigenvalue weighted by Gasteiger charge is 2.10. The number of nitrogens with two attached hydrogens (primary N) is 1. The number of aromatic nitrogens is 1. The van der Waals surface area contributed by atoms with Gasteiger partial charge in [-0.2, -0.15) is 0 Å². The highest BCUT2D eigenvalue weighted by molar-refractivity contribution is 5.54. The summed E-state index contributed by atoms with van der Waals surface area (Å²) in [5.41, 5.74) is 2.24. The zero-order chi connectivity index (χ0) is 15.0. The predicted octanol–water partition coefficient (Wildman–Crippen LogP) is 0.266. The average Bonchev–Trinajstić information content (AvgIpc) is 2.44. The molecule has 20 heavy (non-hydrogen) atoms. The maximum Gasteiger partial charge on any atom is 0.276 e. The van der Waals surface area contributed by atoms with E-state index < -0.39 is 4.92 Å². The van der Waals surface area contributed by atoms with Crippen molar-refractivity contribution in [2.45, 2.75) is 0 Å². The van der Waals surface area contributed by atoms with E-state index in [2.05, 4.69) is 20.6 Å². The summed E-state index contributed by atoms with van der Waals surface area (Å²) in [5, 5.41) is 13.8. The molecule has 1 heterocycles. The van der Waals surface area contributed by atoms with Crippen LogP contribution in [0.3, 0.4) is 0 Å². The quantitative estimate of drug-likeness (QED) is 0.336. The molecule has 1 rings (SSSR count). The Labute approximate surface area is 117 Å². The Morgan fingerprint density at radius 1 is 1.45 bits per heavy atom. The second kappa shape index (κ2) is 8.25. The van der Waals surface area contributed by atoms with Gasteiger partial charge in [-0.05, 0) is 7.05 Å². The van der Waals surface area contributed by atoms with Gasteiger partial charge >= 0.3 is 0 Å². The zero-order valence-electron chi connectivity index (χ0n) is 11.6. The van der Waals surface area contributed by atoms with Crippen molar-refractivity contribution in [3.8, 4) is 0 Å². The number of nitro groups is 1. The third-order valence-electron chi connectivity index (χ3n) is 2.65. The molecule has 0 atom stereocenters. The number of rotatable bonds is 9. The molecule has 0 amide bonds. The van der Waals surface area contributed by atoms with Crippen LogP contribution in [0.4, 0.5) is 17.3 Å². The molecule has 0 unspecified atom stereocenters. The van der Waals surface area contributed by atoms with E-state index in [-0.39, 0.29) is 11.5 Å². The molecule has 0 aliphatic carbocycles. The van der Waals surface area contributed by atoms with E-state index in [4.69, 9.17) is 10.6 Å². The topological polar surface area (TPSA) is 119 Å². The summed E-state index contributed by atoms with van der Waals surface area (Å²) in [5.74, 6) is 5.89. The number of nitrogens with zero attached hydrogens (tertiary/aromatic N) is 3. The highest BCUT2D eigenvalue weighted by atomic mass is 16.6. The number of hydrazine groups is 1. The van der Waals surface area contributed by atoms with Gasteiger partial charge in [0.1, 0.15) is 11.6 Å². The SMILES string of the molecule is COCCN(C)CCNc1cc([N+](=O)[O-])cc(NN)n1. The molecule has 1 aromatic heterocycles. The normalized spacial score (nSPS) is 10.6. The minimum atomic E-state index is -0.488. The van der Waals surface area contributed by atoms with Crippen molar-refractivity contribution in [2.24, 2.45) is 5.84 Å². The lowest BCUT2D eigenvalue weighted by molar-refractivity contribution is -0.384. The first-order valence-electron chi connectivity index (χ1n) is 6.11. The van der Waals surface area contributed by atoms with Crippen molar-refractivity contribution in [3.05, 3.63) is 22.2 Å². The van der Waals surface area contributed by atoms with Crippen LogP contribution in [0, 0.1) is 10.1 Å². The molecule has 0 aliphatic rings. The first-order valence-corrected chi connectivity index (χ1v) is 6.11. The monoisotopic (exact) mass is 284 g/mol. The lowest BCUT2D eigenvalue weighted by atomic mass is 10.3. The number of likely N-dealkylation sites (N-methyl/N-ethyl adjacent to an activating group) is 1. The second-order valence-corrected chi connectivity index (χ2v) is 4.22. The van der Waals surface area contributed by atoms with Crippen LogP contribution >= 0.6 is 0 Å². The van der Waals surface area contributed by atoms with Crippen molar-refractivity contribution >= 4 is 17.3 Å². The van der Waals surface area contributed by atoms with Gasteiger partial charge in [-0.1, -0.05) is 0 Å². The van der Waals surface area contributed by atoms with Crippen LogP contribution in [0.2, 0.25) is 0 Å². The minimum Gasteiger partial charge on any atom is -0.383 e. The number of nitrogens with one attached hydrogen (secondary N) is 2. The smallest absolute Gasteiger partial charge is 0.276 e. The van der Waals surface area contributed by atoms with Gasteiger partial charge in [0.25, 0.3) is 5.69 Å². The summed E-state index contributed by atoms with van der Waals surface area (Å²) < 4.78 is 4.98. The fourth-order valence-electron chi connectivity index (χ4n) is 1.52. The Morgan fingerprint density at radius 3 is 2.75 bits per heavy atom. The Hall–Kier alpha value is -1.97. The van der Waals surface area contributed by atoms with Gasteiger partial charge in [0.2, 0.25) is 0 Å². The molecule has 0 aromatic carbocycles. The van der Waals surface area contributed by atoms with E-state index in [0.29, 0.717) is 19.0 Å². The Morgan fingerprint density at radius 2 is 2.15 bits per heavy atom. The van der Waals surface area contributed by atoms with Crippen LogP contribution in [0.25, 0.3) is 0 Å². The van der Waals surface area contributed by atoms with Gasteiger partial charge < -0.3 is 20.4 Å². The number of nitrogen functional groups attached to an aromatic ring is 1. The predicted molar refractivity (Wildman–Crippen MR) is 76.6 cm³/mol.